The van der Waals surface area contributed by atoms with E-state index < -0.39 is 6.10 Å². The van der Waals surface area contributed by atoms with Crippen molar-refractivity contribution >= 4 is 11.6 Å². The van der Waals surface area contributed by atoms with Gasteiger partial charge in [-0.25, -0.2) is 0 Å². The van der Waals surface area contributed by atoms with Gasteiger partial charge < -0.3 is 19.6 Å². The molecule has 0 aliphatic carbocycles. The van der Waals surface area contributed by atoms with E-state index in [0.29, 0.717) is 18.8 Å². The number of benzene rings is 1. The first-order valence-electron chi connectivity index (χ1n) is 9.37. The second-order valence-corrected chi connectivity index (χ2v) is 6.91. The van der Waals surface area contributed by atoms with Gasteiger partial charge in [-0.3, -0.25) is 9.78 Å². The van der Waals surface area contributed by atoms with E-state index in [-0.39, 0.29) is 12.5 Å². The van der Waals surface area contributed by atoms with Crippen LogP contribution in [-0.4, -0.2) is 59.8 Å². The Morgan fingerprint density at radius 2 is 2.00 bits per heavy atom. The van der Waals surface area contributed by atoms with Gasteiger partial charge >= 0.3 is 0 Å². The molecular weight excluding hydrogens is 342 g/mol. The number of nitrogens with zero attached hydrogens (tertiary/aromatic N) is 3. The van der Waals surface area contributed by atoms with E-state index in [1.54, 1.807) is 4.90 Å². The van der Waals surface area contributed by atoms with Gasteiger partial charge in [0, 0.05) is 43.8 Å². The van der Waals surface area contributed by atoms with Crippen LogP contribution in [0.5, 0.6) is 5.75 Å². The predicted octanol–water partition coefficient (Wildman–Crippen LogP) is 2.18. The van der Waals surface area contributed by atoms with Crippen molar-refractivity contribution in [3.8, 4) is 5.75 Å². The SMILES string of the molecule is Cc1cc(N2CCCN(C(=O)[C@@H](O)COc3ccccc3C)CC2)ccn1. The summed E-state index contributed by atoms with van der Waals surface area (Å²) in [6, 6.07) is 11.6. The van der Waals surface area contributed by atoms with Crippen molar-refractivity contribution in [1.82, 2.24) is 9.88 Å². The van der Waals surface area contributed by atoms with Crippen molar-refractivity contribution in [2.75, 3.05) is 37.7 Å². The molecule has 0 radical (unpaired) electrons. The number of aromatic nitrogens is 1. The Morgan fingerprint density at radius 3 is 2.78 bits per heavy atom. The van der Waals surface area contributed by atoms with Gasteiger partial charge in [0.15, 0.2) is 6.10 Å². The first kappa shape index (κ1) is 19.2. The fourth-order valence-corrected chi connectivity index (χ4v) is 3.29. The molecule has 6 nitrogen and oxygen atoms in total. The third-order valence-electron chi connectivity index (χ3n) is 4.83. The Morgan fingerprint density at radius 1 is 1.19 bits per heavy atom. The van der Waals surface area contributed by atoms with Crippen molar-refractivity contribution in [3.05, 3.63) is 53.9 Å². The second-order valence-electron chi connectivity index (χ2n) is 6.91. The zero-order valence-corrected chi connectivity index (χ0v) is 16.0. The smallest absolute Gasteiger partial charge is 0.255 e. The van der Waals surface area contributed by atoms with Crippen molar-refractivity contribution in [2.45, 2.75) is 26.4 Å². The molecule has 2 aromatic rings. The molecule has 0 saturated carbocycles. The van der Waals surface area contributed by atoms with Crippen LogP contribution in [0.15, 0.2) is 42.6 Å². The number of pyridine rings is 1. The van der Waals surface area contributed by atoms with Gasteiger partial charge in [-0.15, -0.1) is 0 Å². The second kappa shape index (κ2) is 8.86. The largest absolute Gasteiger partial charge is 0.490 e. The van der Waals surface area contributed by atoms with Crippen LogP contribution in [0.1, 0.15) is 17.7 Å². The van der Waals surface area contributed by atoms with E-state index in [1.807, 2.05) is 50.4 Å². The lowest BCUT2D eigenvalue weighted by atomic mass is 10.2. The maximum Gasteiger partial charge on any atom is 0.255 e. The summed E-state index contributed by atoms with van der Waals surface area (Å²) >= 11 is 0. The van der Waals surface area contributed by atoms with Gasteiger partial charge in [-0.1, -0.05) is 18.2 Å². The van der Waals surface area contributed by atoms with Crippen molar-refractivity contribution in [3.63, 3.8) is 0 Å². The summed E-state index contributed by atoms with van der Waals surface area (Å²) in [5.74, 6) is 0.427. The molecule has 27 heavy (non-hydrogen) atoms. The molecule has 1 aromatic heterocycles. The number of carbonyl (C=O) groups excluding carboxylic acids is 1. The number of aliphatic hydroxyl groups excluding tert-OH is 1. The molecule has 144 valence electrons. The number of para-hydroxylation sites is 1. The maximum atomic E-state index is 12.6. The highest BCUT2D eigenvalue weighted by Crippen LogP contribution is 2.18. The van der Waals surface area contributed by atoms with Crippen molar-refractivity contribution in [2.24, 2.45) is 0 Å². The van der Waals surface area contributed by atoms with E-state index in [1.165, 1.54) is 0 Å². The maximum absolute atomic E-state index is 12.6. The van der Waals surface area contributed by atoms with Gasteiger partial charge in [0.05, 0.1) is 0 Å². The molecular formula is C21H27N3O3. The molecule has 1 amide bonds. The molecule has 6 heteroatoms. The zero-order chi connectivity index (χ0) is 19.2. The molecule has 0 bridgehead atoms. The number of amides is 1. The van der Waals surface area contributed by atoms with E-state index in [0.717, 1.165) is 36.5 Å². The molecule has 1 fully saturated rings. The average Bonchev–Trinajstić information content (AvgIpc) is 2.93. The molecule has 1 aliphatic heterocycles. The Hall–Kier alpha value is -2.60. The van der Waals surface area contributed by atoms with Gasteiger partial charge in [-0.2, -0.15) is 0 Å². The number of carbonyl (C=O) groups is 1. The first-order chi connectivity index (χ1) is 13.0. The van der Waals surface area contributed by atoms with Gasteiger partial charge in [0.25, 0.3) is 5.91 Å². The lowest BCUT2D eigenvalue weighted by molar-refractivity contribution is -0.141. The monoisotopic (exact) mass is 369 g/mol. The molecule has 2 heterocycles. The highest BCUT2D eigenvalue weighted by Gasteiger charge is 2.25. The summed E-state index contributed by atoms with van der Waals surface area (Å²) in [5.41, 5.74) is 3.09. The molecule has 0 unspecified atom stereocenters. The van der Waals surface area contributed by atoms with Crippen LogP contribution in [0.25, 0.3) is 0 Å². The average molecular weight is 369 g/mol. The zero-order valence-electron chi connectivity index (χ0n) is 16.0. The van der Waals surface area contributed by atoms with Crippen molar-refractivity contribution in [1.29, 1.82) is 0 Å². The minimum Gasteiger partial charge on any atom is -0.490 e. The number of aryl methyl sites for hydroxylation is 2. The number of hydrogen-bond donors (Lipinski definition) is 1. The quantitative estimate of drug-likeness (QED) is 0.875. The fourth-order valence-electron chi connectivity index (χ4n) is 3.29. The lowest BCUT2D eigenvalue weighted by Crippen LogP contribution is -2.43. The third-order valence-corrected chi connectivity index (χ3v) is 4.83. The van der Waals surface area contributed by atoms with E-state index >= 15 is 0 Å². The van der Waals surface area contributed by atoms with Crippen LogP contribution in [0.3, 0.4) is 0 Å². The Kier molecular flexibility index (Phi) is 6.29. The third kappa shape index (κ3) is 4.98. The number of aliphatic hydroxyl groups is 1. The Labute approximate surface area is 160 Å². The summed E-state index contributed by atoms with van der Waals surface area (Å²) in [5, 5.41) is 10.3. The van der Waals surface area contributed by atoms with Gasteiger partial charge in [0.1, 0.15) is 12.4 Å². The number of hydrogen-bond acceptors (Lipinski definition) is 5. The summed E-state index contributed by atoms with van der Waals surface area (Å²) < 4.78 is 5.63. The van der Waals surface area contributed by atoms with Crippen LogP contribution in [-0.2, 0) is 4.79 Å². The van der Waals surface area contributed by atoms with E-state index in [4.69, 9.17) is 4.74 Å². The fraction of sp³-hybridized carbons (Fsp3) is 0.429. The molecule has 0 spiro atoms. The molecule has 1 aliphatic rings. The summed E-state index contributed by atoms with van der Waals surface area (Å²) in [6.07, 6.45) is 1.52. The standard InChI is InChI=1S/C21H27N3O3/c1-16-6-3-4-7-20(16)27-15-19(25)21(26)24-11-5-10-23(12-13-24)18-8-9-22-17(2)14-18/h3-4,6-9,14,19,25H,5,10-13,15H2,1-2H3/t19-/m0/s1. The van der Waals surface area contributed by atoms with Gasteiger partial charge in [-0.05, 0) is 44.0 Å². The van der Waals surface area contributed by atoms with Crippen molar-refractivity contribution < 1.29 is 14.6 Å². The van der Waals surface area contributed by atoms with E-state index in [2.05, 4.69) is 16.0 Å². The first-order valence-corrected chi connectivity index (χ1v) is 9.37. The summed E-state index contributed by atoms with van der Waals surface area (Å²) in [6.45, 7) is 6.72. The Balaban J connectivity index is 1.55. The lowest BCUT2D eigenvalue weighted by Gasteiger charge is -2.25. The highest BCUT2D eigenvalue weighted by atomic mass is 16.5. The molecule has 3 rings (SSSR count). The summed E-state index contributed by atoms with van der Waals surface area (Å²) in [7, 11) is 0. The van der Waals surface area contributed by atoms with Crippen LogP contribution < -0.4 is 9.64 Å². The summed E-state index contributed by atoms with van der Waals surface area (Å²) in [4.78, 5) is 20.9. The molecule has 1 aromatic carbocycles. The molecule has 1 saturated heterocycles. The highest BCUT2D eigenvalue weighted by molar-refractivity contribution is 5.81. The normalized spacial score (nSPS) is 16.0. The Bertz CT molecular complexity index is 781. The number of rotatable bonds is 5. The van der Waals surface area contributed by atoms with Crippen LogP contribution in [0.4, 0.5) is 5.69 Å². The minimum atomic E-state index is -1.15. The molecule has 1 N–H and O–H groups in total. The van der Waals surface area contributed by atoms with Crippen LogP contribution in [0, 0.1) is 13.8 Å². The number of ether oxygens (including phenoxy) is 1. The number of anilines is 1. The molecule has 1 atom stereocenters. The predicted molar refractivity (Wildman–Crippen MR) is 105 cm³/mol. The minimum absolute atomic E-state index is 0.0343. The van der Waals surface area contributed by atoms with Crippen LogP contribution >= 0.6 is 0 Å². The van der Waals surface area contributed by atoms with E-state index in [9.17, 15) is 9.90 Å². The van der Waals surface area contributed by atoms with Gasteiger partial charge in [0.2, 0.25) is 0 Å². The van der Waals surface area contributed by atoms with Crippen LogP contribution in [0.2, 0.25) is 0 Å². The topological polar surface area (TPSA) is 65.9 Å².